The van der Waals surface area contributed by atoms with Crippen molar-refractivity contribution in [3.8, 4) is 5.75 Å². The third-order valence-electron chi connectivity index (χ3n) is 7.54. The molecule has 0 radical (unpaired) electrons. The fourth-order valence-electron chi connectivity index (χ4n) is 5.43. The molecule has 0 aliphatic carbocycles. The SMILES string of the molecule is CCOc1ccc(NC(=O)N2CCC3(CC2)C(=O)N(CC(=O)NCc2ccccc2)CN3c2ccccc2)cc1. The number of nitrogens with one attached hydrogen (secondary N) is 2. The summed E-state index contributed by atoms with van der Waals surface area (Å²) in [6, 6.07) is 26.6. The number of urea groups is 1. The van der Waals surface area contributed by atoms with Gasteiger partial charge in [0, 0.05) is 31.0 Å². The number of amides is 4. The number of hydrogen-bond donors (Lipinski definition) is 2. The zero-order valence-electron chi connectivity index (χ0n) is 22.7. The number of anilines is 2. The lowest BCUT2D eigenvalue weighted by atomic mass is 9.85. The Morgan fingerprint density at radius 1 is 0.900 bits per heavy atom. The van der Waals surface area contributed by atoms with Gasteiger partial charge in [0.25, 0.3) is 5.91 Å². The summed E-state index contributed by atoms with van der Waals surface area (Å²) in [5.41, 5.74) is 1.80. The summed E-state index contributed by atoms with van der Waals surface area (Å²) >= 11 is 0. The van der Waals surface area contributed by atoms with Gasteiger partial charge in [-0.2, -0.15) is 0 Å². The number of carbonyl (C=O) groups excluding carboxylic acids is 3. The molecule has 2 N–H and O–H groups in total. The van der Waals surface area contributed by atoms with E-state index in [9.17, 15) is 14.4 Å². The minimum atomic E-state index is -0.809. The lowest BCUT2D eigenvalue weighted by Crippen LogP contribution is -2.58. The van der Waals surface area contributed by atoms with Crippen LogP contribution in [0.25, 0.3) is 0 Å². The monoisotopic (exact) mass is 541 g/mol. The van der Waals surface area contributed by atoms with Gasteiger partial charge < -0.3 is 30.1 Å². The Hall–Kier alpha value is -4.53. The Kier molecular flexibility index (Phi) is 8.19. The summed E-state index contributed by atoms with van der Waals surface area (Å²) in [7, 11) is 0. The highest BCUT2D eigenvalue weighted by Crippen LogP contribution is 2.39. The summed E-state index contributed by atoms with van der Waals surface area (Å²) < 4.78 is 5.47. The van der Waals surface area contributed by atoms with Gasteiger partial charge in [0.15, 0.2) is 0 Å². The molecule has 208 valence electrons. The summed E-state index contributed by atoms with van der Waals surface area (Å²) in [5, 5.41) is 5.87. The molecule has 9 heteroatoms. The van der Waals surface area contributed by atoms with Gasteiger partial charge in [-0.25, -0.2) is 4.79 Å². The molecule has 2 saturated heterocycles. The maximum absolute atomic E-state index is 13.9. The average Bonchev–Trinajstić information content (AvgIpc) is 3.24. The number of para-hydroxylation sites is 1. The molecule has 5 rings (SSSR count). The minimum Gasteiger partial charge on any atom is -0.494 e. The van der Waals surface area contributed by atoms with Gasteiger partial charge in [-0.1, -0.05) is 48.5 Å². The molecular formula is C31H35N5O4. The highest BCUT2D eigenvalue weighted by molar-refractivity contribution is 5.97. The van der Waals surface area contributed by atoms with Gasteiger partial charge in [0.1, 0.15) is 17.8 Å². The first-order valence-corrected chi connectivity index (χ1v) is 13.7. The van der Waals surface area contributed by atoms with Crippen molar-refractivity contribution in [2.24, 2.45) is 0 Å². The van der Waals surface area contributed by atoms with E-state index in [2.05, 4.69) is 15.5 Å². The second kappa shape index (κ2) is 12.1. The highest BCUT2D eigenvalue weighted by Gasteiger charge is 2.54. The van der Waals surface area contributed by atoms with Crippen molar-refractivity contribution in [2.45, 2.75) is 31.8 Å². The molecule has 4 amide bonds. The Morgan fingerprint density at radius 2 is 1.55 bits per heavy atom. The van der Waals surface area contributed by atoms with E-state index >= 15 is 0 Å². The fraction of sp³-hybridized carbons (Fsp3) is 0.323. The van der Waals surface area contributed by atoms with Crippen LogP contribution in [0.4, 0.5) is 16.2 Å². The number of likely N-dealkylation sites (tertiary alicyclic amines) is 1. The number of benzene rings is 3. The van der Waals surface area contributed by atoms with Crippen LogP contribution in [0.3, 0.4) is 0 Å². The lowest BCUT2D eigenvalue weighted by Gasteiger charge is -2.43. The lowest BCUT2D eigenvalue weighted by molar-refractivity contribution is -0.137. The van der Waals surface area contributed by atoms with Crippen molar-refractivity contribution in [1.29, 1.82) is 0 Å². The Balaban J connectivity index is 1.25. The molecule has 2 aliphatic rings. The van der Waals surface area contributed by atoms with E-state index in [-0.39, 0.29) is 24.4 Å². The second-order valence-electron chi connectivity index (χ2n) is 10.1. The first-order valence-electron chi connectivity index (χ1n) is 13.7. The second-order valence-corrected chi connectivity index (χ2v) is 10.1. The van der Waals surface area contributed by atoms with Crippen LogP contribution in [0.2, 0.25) is 0 Å². The smallest absolute Gasteiger partial charge is 0.321 e. The number of rotatable bonds is 8. The predicted molar refractivity (Wildman–Crippen MR) is 154 cm³/mol. The Bertz CT molecular complexity index is 1310. The first kappa shape index (κ1) is 27.1. The minimum absolute atomic E-state index is 0.0152. The summed E-state index contributed by atoms with van der Waals surface area (Å²) in [6.45, 7) is 4.06. The summed E-state index contributed by atoms with van der Waals surface area (Å²) in [4.78, 5) is 45.2. The van der Waals surface area contributed by atoms with E-state index in [1.807, 2.05) is 91.9 Å². The summed E-state index contributed by atoms with van der Waals surface area (Å²) in [6.07, 6.45) is 0.944. The van der Waals surface area contributed by atoms with Gasteiger partial charge in [-0.3, -0.25) is 9.59 Å². The molecule has 0 saturated carbocycles. The van der Waals surface area contributed by atoms with Gasteiger partial charge in [-0.05, 0) is 61.7 Å². The predicted octanol–water partition coefficient (Wildman–Crippen LogP) is 4.07. The molecule has 9 nitrogen and oxygen atoms in total. The van der Waals surface area contributed by atoms with Crippen LogP contribution in [0.1, 0.15) is 25.3 Å². The molecule has 0 unspecified atom stereocenters. The molecule has 2 heterocycles. The number of piperidine rings is 1. The molecule has 0 atom stereocenters. The van der Waals surface area contributed by atoms with E-state index in [1.165, 1.54) is 0 Å². The van der Waals surface area contributed by atoms with E-state index in [0.717, 1.165) is 17.0 Å². The molecule has 40 heavy (non-hydrogen) atoms. The number of nitrogens with zero attached hydrogens (tertiary/aromatic N) is 3. The molecule has 3 aromatic carbocycles. The molecule has 2 fully saturated rings. The number of carbonyl (C=O) groups is 3. The molecule has 2 aliphatic heterocycles. The number of hydrogen-bond acceptors (Lipinski definition) is 5. The molecular weight excluding hydrogens is 506 g/mol. The van der Waals surface area contributed by atoms with Crippen LogP contribution in [0, 0.1) is 0 Å². The van der Waals surface area contributed by atoms with Gasteiger partial charge in [0.05, 0.1) is 13.3 Å². The van der Waals surface area contributed by atoms with Crippen LogP contribution in [-0.4, -0.2) is 66.1 Å². The Morgan fingerprint density at radius 3 is 2.20 bits per heavy atom. The van der Waals surface area contributed by atoms with Gasteiger partial charge in [0.2, 0.25) is 5.91 Å². The zero-order chi connectivity index (χ0) is 28.0. The Labute approximate surface area is 234 Å². The zero-order valence-corrected chi connectivity index (χ0v) is 22.7. The standard InChI is InChI=1S/C31H35N5O4/c1-2-40-27-15-13-25(14-16-27)33-30(39)34-19-17-31(18-20-34)29(38)35(23-36(31)26-11-7-4-8-12-26)22-28(37)32-21-24-9-5-3-6-10-24/h3-16H,2,17-23H2,1H3,(H,32,37)(H,33,39). The van der Waals surface area contributed by atoms with Crippen molar-refractivity contribution in [1.82, 2.24) is 15.1 Å². The van der Waals surface area contributed by atoms with E-state index in [0.29, 0.717) is 51.4 Å². The van der Waals surface area contributed by atoms with Gasteiger partial charge in [-0.15, -0.1) is 0 Å². The topological polar surface area (TPSA) is 94.2 Å². The van der Waals surface area contributed by atoms with Crippen LogP contribution in [0.15, 0.2) is 84.9 Å². The molecule has 1 spiro atoms. The fourth-order valence-corrected chi connectivity index (χ4v) is 5.43. The maximum Gasteiger partial charge on any atom is 0.321 e. The molecule has 0 aromatic heterocycles. The molecule has 3 aromatic rings. The summed E-state index contributed by atoms with van der Waals surface area (Å²) in [5.74, 6) is 0.478. The highest BCUT2D eigenvalue weighted by atomic mass is 16.5. The average molecular weight is 542 g/mol. The largest absolute Gasteiger partial charge is 0.494 e. The quantitative estimate of drug-likeness (QED) is 0.448. The van der Waals surface area contributed by atoms with Crippen molar-refractivity contribution in [2.75, 3.05) is 43.1 Å². The number of ether oxygens (including phenoxy) is 1. The van der Waals surface area contributed by atoms with E-state index < -0.39 is 5.54 Å². The van der Waals surface area contributed by atoms with Crippen LogP contribution in [-0.2, 0) is 16.1 Å². The van der Waals surface area contributed by atoms with Crippen LogP contribution < -0.4 is 20.3 Å². The maximum atomic E-state index is 13.9. The van der Waals surface area contributed by atoms with Crippen LogP contribution >= 0.6 is 0 Å². The van der Waals surface area contributed by atoms with Crippen molar-refractivity contribution < 1.29 is 19.1 Å². The van der Waals surface area contributed by atoms with E-state index in [4.69, 9.17) is 4.74 Å². The van der Waals surface area contributed by atoms with Crippen molar-refractivity contribution >= 4 is 29.2 Å². The van der Waals surface area contributed by atoms with E-state index in [1.54, 1.807) is 9.80 Å². The van der Waals surface area contributed by atoms with Crippen LogP contribution in [0.5, 0.6) is 5.75 Å². The normalized spacial score (nSPS) is 16.2. The van der Waals surface area contributed by atoms with Gasteiger partial charge >= 0.3 is 6.03 Å². The third kappa shape index (κ3) is 5.88. The first-order chi connectivity index (χ1) is 19.5. The van der Waals surface area contributed by atoms with Crippen molar-refractivity contribution in [3.05, 3.63) is 90.5 Å². The third-order valence-corrected chi connectivity index (χ3v) is 7.54. The van der Waals surface area contributed by atoms with Crippen molar-refractivity contribution in [3.63, 3.8) is 0 Å². The molecule has 0 bridgehead atoms.